The van der Waals surface area contributed by atoms with E-state index in [0.29, 0.717) is 23.0 Å². The Balaban J connectivity index is 3.33. The van der Waals surface area contributed by atoms with E-state index >= 15 is 0 Å². The van der Waals surface area contributed by atoms with Gasteiger partial charge in [0.2, 0.25) is 0 Å². The van der Waals surface area contributed by atoms with Gasteiger partial charge in [0.15, 0.2) is 0 Å². The molecule has 16 heavy (non-hydrogen) atoms. The molecule has 0 N–H and O–H groups in total. The maximum atomic E-state index is 11.3. The molecule has 0 saturated heterocycles. The highest BCUT2D eigenvalue weighted by atomic mass is 79.9. The number of nitrogens with zero attached hydrogens (tertiary/aromatic N) is 1. The van der Waals surface area contributed by atoms with Gasteiger partial charge < -0.3 is 0 Å². The first-order valence-corrected chi connectivity index (χ1v) is 5.61. The molecule has 4 heteroatoms. The summed E-state index contributed by atoms with van der Waals surface area (Å²) in [6, 6.07) is 7.10. The largest absolute Gasteiger partial charge is 0.298 e. The molecular weight excluding hydrogens is 270 g/mol. The van der Waals surface area contributed by atoms with Crippen molar-refractivity contribution in [3.8, 4) is 6.07 Å². The Kier molecular flexibility index (Phi) is 4.39. The van der Waals surface area contributed by atoms with Gasteiger partial charge in [0.05, 0.1) is 17.3 Å². The van der Waals surface area contributed by atoms with Gasteiger partial charge in [-0.1, -0.05) is 34.1 Å². The SMILES string of the molecule is CC(=O)C(Br)c1cccc(C=O)c1CC#N. The Bertz CT molecular complexity index is 463. The molecule has 1 aromatic carbocycles. The molecule has 1 aromatic rings. The average Bonchev–Trinajstić information content (AvgIpc) is 2.28. The Hall–Kier alpha value is -1.47. The fourth-order valence-corrected chi connectivity index (χ4v) is 1.90. The van der Waals surface area contributed by atoms with Crippen LogP contribution in [0.25, 0.3) is 0 Å². The van der Waals surface area contributed by atoms with Crippen molar-refractivity contribution in [3.05, 3.63) is 34.9 Å². The van der Waals surface area contributed by atoms with E-state index in [1.54, 1.807) is 18.2 Å². The summed E-state index contributed by atoms with van der Waals surface area (Å²) in [5.41, 5.74) is 1.78. The van der Waals surface area contributed by atoms with Crippen molar-refractivity contribution in [2.75, 3.05) is 0 Å². The highest BCUT2D eigenvalue weighted by Crippen LogP contribution is 2.28. The van der Waals surface area contributed by atoms with Crippen LogP contribution in [-0.4, -0.2) is 12.1 Å². The number of nitriles is 1. The number of hydrogen-bond donors (Lipinski definition) is 0. The summed E-state index contributed by atoms with van der Waals surface area (Å²) in [5.74, 6) is -0.0535. The van der Waals surface area contributed by atoms with E-state index in [2.05, 4.69) is 15.9 Å². The molecule has 0 saturated carbocycles. The molecule has 0 radical (unpaired) electrons. The summed E-state index contributed by atoms with van der Waals surface area (Å²) in [5, 5.41) is 8.72. The topological polar surface area (TPSA) is 57.9 Å². The van der Waals surface area contributed by atoms with E-state index < -0.39 is 4.83 Å². The predicted molar refractivity (Wildman–Crippen MR) is 63.5 cm³/mol. The second-order valence-electron chi connectivity index (χ2n) is 3.34. The van der Waals surface area contributed by atoms with E-state index in [0.717, 1.165) is 0 Å². The first-order chi connectivity index (χ1) is 7.61. The first kappa shape index (κ1) is 12.6. The van der Waals surface area contributed by atoms with Gasteiger partial charge in [0, 0.05) is 5.56 Å². The molecule has 0 aliphatic heterocycles. The van der Waals surface area contributed by atoms with Gasteiger partial charge in [0.25, 0.3) is 0 Å². The van der Waals surface area contributed by atoms with Crippen LogP contribution in [-0.2, 0) is 11.2 Å². The number of carbonyl (C=O) groups excluding carboxylic acids is 2. The molecule has 0 amide bonds. The Labute approximate surface area is 102 Å². The van der Waals surface area contributed by atoms with Crippen molar-refractivity contribution >= 4 is 28.0 Å². The molecule has 0 aromatic heterocycles. The van der Waals surface area contributed by atoms with E-state index in [1.807, 2.05) is 6.07 Å². The third kappa shape index (κ3) is 2.56. The number of halogens is 1. The van der Waals surface area contributed by atoms with Crippen LogP contribution in [0.2, 0.25) is 0 Å². The number of ketones is 1. The Morgan fingerprint density at radius 1 is 1.62 bits per heavy atom. The molecule has 0 heterocycles. The number of rotatable bonds is 4. The normalized spacial score (nSPS) is 11.6. The van der Waals surface area contributed by atoms with Crippen molar-refractivity contribution < 1.29 is 9.59 Å². The first-order valence-electron chi connectivity index (χ1n) is 4.70. The van der Waals surface area contributed by atoms with Gasteiger partial charge in [-0.2, -0.15) is 5.26 Å². The quantitative estimate of drug-likeness (QED) is 0.629. The fraction of sp³-hybridized carbons (Fsp3) is 0.250. The molecular formula is C12H10BrNO2. The van der Waals surface area contributed by atoms with Crippen LogP contribution in [0.3, 0.4) is 0 Å². The summed E-state index contributed by atoms with van der Waals surface area (Å²) in [4.78, 5) is 21.7. The molecule has 0 spiro atoms. The Morgan fingerprint density at radius 3 is 2.81 bits per heavy atom. The lowest BCUT2D eigenvalue weighted by Gasteiger charge is -2.12. The molecule has 3 nitrogen and oxygen atoms in total. The third-order valence-electron chi connectivity index (χ3n) is 2.26. The molecule has 0 fully saturated rings. The van der Waals surface area contributed by atoms with Gasteiger partial charge >= 0.3 is 0 Å². The lowest BCUT2D eigenvalue weighted by molar-refractivity contribution is -0.116. The van der Waals surface area contributed by atoms with Gasteiger partial charge in [-0.15, -0.1) is 0 Å². The zero-order valence-electron chi connectivity index (χ0n) is 8.74. The van der Waals surface area contributed by atoms with Crippen molar-refractivity contribution in [3.63, 3.8) is 0 Å². The summed E-state index contributed by atoms with van der Waals surface area (Å²) in [7, 11) is 0. The number of hydrogen-bond acceptors (Lipinski definition) is 3. The molecule has 0 bridgehead atoms. The van der Waals surface area contributed by atoms with E-state index in [-0.39, 0.29) is 12.2 Å². The number of Topliss-reactive ketones (excluding diaryl/α,β-unsaturated/α-hetero) is 1. The minimum Gasteiger partial charge on any atom is -0.298 e. The summed E-state index contributed by atoms with van der Waals surface area (Å²) >= 11 is 3.26. The number of benzene rings is 1. The minimum absolute atomic E-state index is 0.0535. The van der Waals surface area contributed by atoms with E-state index in [1.165, 1.54) is 6.92 Å². The maximum absolute atomic E-state index is 11.3. The Morgan fingerprint density at radius 2 is 2.31 bits per heavy atom. The molecule has 0 aliphatic carbocycles. The van der Waals surface area contributed by atoms with Gasteiger partial charge in [-0.05, 0) is 18.1 Å². The smallest absolute Gasteiger partial charge is 0.150 e. The molecule has 1 unspecified atom stereocenters. The zero-order chi connectivity index (χ0) is 12.1. The second-order valence-corrected chi connectivity index (χ2v) is 4.26. The molecule has 1 atom stereocenters. The van der Waals surface area contributed by atoms with Crippen LogP contribution in [0.1, 0.15) is 33.2 Å². The lowest BCUT2D eigenvalue weighted by atomic mass is 9.96. The molecule has 0 aliphatic rings. The maximum Gasteiger partial charge on any atom is 0.150 e. The van der Waals surface area contributed by atoms with Crippen LogP contribution in [0.5, 0.6) is 0 Å². The fourth-order valence-electron chi connectivity index (χ4n) is 1.47. The lowest BCUT2D eigenvalue weighted by Crippen LogP contribution is -2.06. The molecule has 1 rings (SSSR count). The van der Waals surface area contributed by atoms with E-state index in [9.17, 15) is 9.59 Å². The monoisotopic (exact) mass is 279 g/mol. The average molecular weight is 280 g/mol. The minimum atomic E-state index is -0.462. The van der Waals surface area contributed by atoms with Crippen molar-refractivity contribution in [1.29, 1.82) is 5.26 Å². The summed E-state index contributed by atoms with van der Waals surface area (Å²) < 4.78 is 0. The number of aldehydes is 1. The van der Waals surface area contributed by atoms with Crippen LogP contribution >= 0.6 is 15.9 Å². The van der Waals surface area contributed by atoms with E-state index in [4.69, 9.17) is 5.26 Å². The van der Waals surface area contributed by atoms with Crippen LogP contribution in [0.15, 0.2) is 18.2 Å². The zero-order valence-corrected chi connectivity index (χ0v) is 10.3. The number of alkyl halides is 1. The molecule has 82 valence electrons. The van der Waals surface area contributed by atoms with Crippen LogP contribution in [0, 0.1) is 11.3 Å². The standard InChI is InChI=1S/C12H10BrNO2/c1-8(16)12(13)11-4-2-3-9(7-15)10(11)5-6-14/h2-4,7,12H,5H2,1H3. The third-order valence-corrected chi connectivity index (χ3v) is 3.40. The summed E-state index contributed by atoms with van der Waals surface area (Å²) in [6.45, 7) is 1.46. The highest BCUT2D eigenvalue weighted by Gasteiger charge is 2.18. The van der Waals surface area contributed by atoms with Crippen LogP contribution in [0.4, 0.5) is 0 Å². The van der Waals surface area contributed by atoms with Gasteiger partial charge in [-0.3, -0.25) is 9.59 Å². The summed E-state index contributed by atoms with van der Waals surface area (Å²) in [6.07, 6.45) is 0.829. The highest BCUT2D eigenvalue weighted by molar-refractivity contribution is 9.09. The number of carbonyl (C=O) groups is 2. The van der Waals surface area contributed by atoms with Crippen LogP contribution < -0.4 is 0 Å². The van der Waals surface area contributed by atoms with Gasteiger partial charge in [0.1, 0.15) is 12.1 Å². The van der Waals surface area contributed by atoms with Gasteiger partial charge in [-0.25, -0.2) is 0 Å². The second kappa shape index (κ2) is 5.57. The predicted octanol–water partition coefficient (Wildman–Crippen LogP) is 2.59. The van der Waals surface area contributed by atoms with Crippen molar-refractivity contribution in [2.45, 2.75) is 18.2 Å². The van der Waals surface area contributed by atoms with Crippen molar-refractivity contribution in [2.24, 2.45) is 0 Å². The van der Waals surface area contributed by atoms with Crippen molar-refractivity contribution in [1.82, 2.24) is 0 Å².